The summed E-state index contributed by atoms with van der Waals surface area (Å²) in [5, 5.41) is 13.6. The van der Waals surface area contributed by atoms with Crippen molar-refractivity contribution in [2.24, 2.45) is 0 Å². The number of nitro groups is 1. The first-order valence-corrected chi connectivity index (χ1v) is 6.20. The van der Waals surface area contributed by atoms with Gasteiger partial charge in [-0.2, -0.15) is 4.39 Å². The summed E-state index contributed by atoms with van der Waals surface area (Å²) in [6, 6.07) is 9.19. The van der Waals surface area contributed by atoms with Crippen molar-refractivity contribution in [3.63, 3.8) is 0 Å². The number of halogens is 1. The van der Waals surface area contributed by atoms with Crippen molar-refractivity contribution in [1.29, 1.82) is 0 Å². The molecule has 0 atom stereocenters. The number of nitrogens with zero attached hydrogens (tertiary/aromatic N) is 1. The molecule has 0 unspecified atom stereocenters. The van der Waals surface area contributed by atoms with E-state index in [1.54, 1.807) is 6.07 Å². The van der Waals surface area contributed by atoms with E-state index in [1.807, 2.05) is 12.1 Å². The number of benzene rings is 2. The molecule has 2 aromatic carbocycles. The van der Waals surface area contributed by atoms with Crippen molar-refractivity contribution in [3.8, 4) is 11.5 Å². The van der Waals surface area contributed by atoms with Gasteiger partial charge in [0.15, 0.2) is 11.5 Å². The van der Waals surface area contributed by atoms with E-state index in [-0.39, 0.29) is 6.79 Å². The highest BCUT2D eigenvalue weighted by atomic mass is 19.1. The van der Waals surface area contributed by atoms with Gasteiger partial charge in [0.2, 0.25) is 12.6 Å². The molecular formula is C14H11FN2O4. The lowest BCUT2D eigenvalue weighted by molar-refractivity contribution is -0.387. The molecule has 3 rings (SSSR count). The Hall–Kier alpha value is -2.83. The number of hydrogen-bond acceptors (Lipinski definition) is 5. The number of fused-ring (bicyclic) bond motifs is 1. The van der Waals surface area contributed by atoms with Gasteiger partial charge in [0.1, 0.15) is 0 Å². The molecule has 6 nitrogen and oxygen atoms in total. The van der Waals surface area contributed by atoms with Crippen LogP contribution in [0.5, 0.6) is 11.5 Å². The summed E-state index contributed by atoms with van der Waals surface area (Å²) >= 11 is 0. The zero-order valence-corrected chi connectivity index (χ0v) is 10.8. The van der Waals surface area contributed by atoms with Crippen LogP contribution in [0, 0.1) is 15.9 Å². The maximum Gasteiger partial charge on any atom is 0.304 e. The van der Waals surface area contributed by atoms with Gasteiger partial charge in [0.25, 0.3) is 0 Å². The number of anilines is 1. The fourth-order valence-electron chi connectivity index (χ4n) is 2.09. The van der Waals surface area contributed by atoms with Gasteiger partial charge in [0.05, 0.1) is 4.92 Å². The number of hydrogen-bond donors (Lipinski definition) is 1. The monoisotopic (exact) mass is 290 g/mol. The van der Waals surface area contributed by atoms with Crippen molar-refractivity contribution in [2.45, 2.75) is 6.54 Å². The molecule has 1 N–H and O–H groups in total. The molecule has 0 bridgehead atoms. The summed E-state index contributed by atoms with van der Waals surface area (Å²) < 4.78 is 24.2. The molecule has 2 aromatic rings. The van der Waals surface area contributed by atoms with Gasteiger partial charge < -0.3 is 14.8 Å². The van der Waals surface area contributed by atoms with Crippen LogP contribution in [0.4, 0.5) is 15.8 Å². The molecule has 0 spiro atoms. The zero-order valence-electron chi connectivity index (χ0n) is 10.8. The first-order valence-electron chi connectivity index (χ1n) is 6.20. The molecule has 1 aliphatic heterocycles. The molecule has 0 aliphatic carbocycles. The number of nitro benzene ring substituents is 1. The summed E-state index contributed by atoms with van der Waals surface area (Å²) in [6.07, 6.45) is 0. The van der Waals surface area contributed by atoms with Crippen LogP contribution in [0.3, 0.4) is 0 Å². The highest BCUT2D eigenvalue weighted by molar-refractivity contribution is 5.53. The summed E-state index contributed by atoms with van der Waals surface area (Å²) in [5.74, 6) is 0.458. The fraction of sp³-hybridized carbons (Fsp3) is 0.143. The van der Waals surface area contributed by atoms with Gasteiger partial charge in [0, 0.05) is 29.9 Å². The molecule has 0 amide bonds. The first kappa shape index (κ1) is 13.2. The molecule has 7 heteroatoms. The van der Waals surface area contributed by atoms with Crippen molar-refractivity contribution in [3.05, 3.63) is 57.9 Å². The fourth-order valence-corrected chi connectivity index (χ4v) is 2.09. The van der Waals surface area contributed by atoms with E-state index in [4.69, 9.17) is 9.47 Å². The standard InChI is InChI=1S/C14H11FN2O4/c15-11-6-10(4-5-12(11)17(18)19)16-7-9-2-1-3-13-14(9)21-8-20-13/h1-6,16H,7-8H2. The molecule has 0 saturated carbocycles. The van der Waals surface area contributed by atoms with E-state index >= 15 is 0 Å². The number of rotatable bonds is 4. The van der Waals surface area contributed by atoms with Crippen LogP contribution in [0.2, 0.25) is 0 Å². The quantitative estimate of drug-likeness (QED) is 0.692. The predicted molar refractivity (Wildman–Crippen MR) is 72.9 cm³/mol. The Morgan fingerprint density at radius 2 is 2.14 bits per heavy atom. The van der Waals surface area contributed by atoms with Crippen LogP contribution < -0.4 is 14.8 Å². The topological polar surface area (TPSA) is 73.6 Å². The third-order valence-electron chi connectivity index (χ3n) is 3.11. The van der Waals surface area contributed by atoms with Gasteiger partial charge in [-0.15, -0.1) is 0 Å². The molecule has 1 heterocycles. The Morgan fingerprint density at radius 3 is 2.90 bits per heavy atom. The second kappa shape index (κ2) is 5.28. The Kier molecular flexibility index (Phi) is 3.31. The molecule has 108 valence electrons. The minimum atomic E-state index is -0.872. The SMILES string of the molecule is O=[N+]([O-])c1ccc(NCc2cccc3c2OCO3)cc1F. The molecule has 0 fully saturated rings. The van der Waals surface area contributed by atoms with Gasteiger partial charge in [-0.25, -0.2) is 0 Å². The third-order valence-corrected chi connectivity index (χ3v) is 3.11. The van der Waals surface area contributed by atoms with Gasteiger partial charge in [-0.1, -0.05) is 12.1 Å². The summed E-state index contributed by atoms with van der Waals surface area (Å²) in [6.45, 7) is 0.572. The normalized spacial score (nSPS) is 12.2. The lowest BCUT2D eigenvalue weighted by atomic mass is 10.2. The number of nitrogens with one attached hydrogen (secondary N) is 1. The minimum absolute atomic E-state index is 0.179. The van der Waals surface area contributed by atoms with E-state index in [0.29, 0.717) is 23.7 Å². The van der Waals surface area contributed by atoms with Gasteiger partial charge >= 0.3 is 5.69 Å². The smallest absolute Gasteiger partial charge is 0.304 e. The lowest BCUT2D eigenvalue weighted by Gasteiger charge is -2.09. The maximum absolute atomic E-state index is 13.5. The van der Waals surface area contributed by atoms with Crippen LogP contribution in [-0.2, 0) is 6.54 Å². The van der Waals surface area contributed by atoms with Crippen molar-refractivity contribution in [1.82, 2.24) is 0 Å². The van der Waals surface area contributed by atoms with E-state index in [2.05, 4.69) is 5.32 Å². The zero-order chi connectivity index (χ0) is 14.8. The minimum Gasteiger partial charge on any atom is -0.454 e. The van der Waals surface area contributed by atoms with E-state index in [9.17, 15) is 14.5 Å². The lowest BCUT2D eigenvalue weighted by Crippen LogP contribution is -2.02. The Labute approximate surface area is 119 Å². The Balaban J connectivity index is 1.75. The second-order valence-electron chi connectivity index (χ2n) is 4.43. The summed E-state index contributed by atoms with van der Waals surface area (Å²) in [4.78, 5) is 9.80. The van der Waals surface area contributed by atoms with Crippen LogP contribution in [0.1, 0.15) is 5.56 Å². The molecule has 1 aliphatic rings. The van der Waals surface area contributed by atoms with E-state index in [1.165, 1.54) is 6.07 Å². The molecule has 0 saturated heterocycles. The maximum atomic E-state index is 13.5. The van der Waals surface area contributed by atoms with Gasteiger partial charge in [-0.05, 0) is 12.1 Å². The van der Waals surface area contributed by atoms with Crippen molar-refractivity contribution in [2.75, 3.05) is 12.1 Å². The van der Waals surface area contributed by atoms with Crippen molar-refractivity contribution >= 4 is 11.4 Å². The molecule has 21 heavy (non-hydrogen) atoms. The van der Waals surface area contributed by atoms with Crippen molar-refractivity contribution < 1.29 is 18.8 Å². The summed E-state index contributed by atoms with van der Waals surface area (Å²) in [7, 11) is 0. The van der Waals surface area contributed by atoms with E-state index < -0.39 is 16.4 Å². The first-order chi connectivity index (χ1) is 10.1. The molecule has 0 aromatic heterocycles. The predicted octanol–water partition coefficient (Wildman–Crippen LogP) is 3.07. The molecular weight excluding hydrogens is 279 g/mol. The van der Waals surface area contributed by atoms with E-state index in [0.717, 1.165) is 17.7 Å². The van der Waals surface area contributed by atoms with Crippen LogP contribution in [0.25, 0.3) is 0 Å². The highest BCUT2D eigenvalue weighted by Gasteiger charge is 2.17. The largest absolute Gasteiger partial charge is 0.454 e. The van der Waals surface area contributed by atoms with Crippen LogP contribution in [-0.4, -0.2) is 11.7 Å². The average molecular weight is 290 g/mol. The number of ether oxygens (including phenoxy) is 2. The Morgan fingerprint density at radius 1 is 1.29 bits per heavy atom. The third kappa shape index (κ3) is 2.58. The number of para-hydroxylation sites is 1. The van der Waals surface area contributed by atoms with Gasteiger partial charge in [-0.3, -0.25) is 10.1 Å². The average Bonchev–Trinajstić information content (AvgIpc) is 2.93. The highest BCUT2D eigenvalue weighted by Crippen LogP contribution is 2.35. The van der Waals surface area contributed by atoms with Crippen LogP contribution in [0.15, 0.2) is 36.4 Å². The molecule has 0 radical (unpaired) electrons. The Bertz CT molecular complexity index is 705. The van der Waals surface area contributed by atoms with Crippen LogP contribution >= 0.6 is 0 Å². The second-order valence-corrected chi connectivity index (χ2v) is 4.43. The summed E-state index contributed by atoms with van der Waals surface area (Å²) in [5.41, 5.74) is 0.774.